The van der Waals surface area contributed by atoms with Gasteiger partial charge in [0.1, 0.15) is 0 Å². The first-order valence-electron chi connectivity index (χ1n) is 36.6. The van der Waals surface area contributed by atoms with E-state index in [9.17, 15) is 19.8 Å². The number of unbranched alkanes of at least 4 members (excludes halogenated alkanes) is 54. The summed E-state index contributed by atoms with van der Waals surface area (Å²) in [5.74, 6) is -0.0134. The van der Waals surface area contributed by atoms with Crippen LogP contribution in [0.3, 0.4) is 0 Å². The van der Waals surface area contributed by atoms with E-state index in [2.05, 4.69) is 43.5 Å². The average Bonchev–Trinajstić information content (AvgIpc) is 3.46. The van der Waals surface area contributed by atoms with Crippen molar-refractivity contribution < 1.29 is 24.5 Å². The van der Waals surface area contributed by atoms with Crippen LogP contribution in [-0.2, 0) is 14.3 Å². The number of ether oxygens (including phenoxy) is 1. The Balaban J connectivity index is 3.34. The van der Waals surface area contributed by atoms with Crippen LogP contribution >= 0.6 is 0 Å². The molecule has 6 nitrogen and oxygen atoms in total. The van der Waals surface area contributed by atoms with Crippen molar-refractivity contribution in [2.45, 2.75) is 424 Å². The van der Waals surface area contributed by atoms with Crippen molar-refractivity contribution in [2.75, 3.05) is 13.2 Å². The summed E-state index contributed by atoms with van der Waals surface area (Å²) in [6.07, 6.45) is 88.1. The van der Waals surface area contributed by atoms with Crippen molar-refractivity contribution in [3.63, 3.8) is 0 Å². The zero-order valence-corrected chi connectivity index (χ0v) is 54.3. The summed E-state index contributed by atoms with van der Waals surface area (Å²) < 4.78 is 5.51. The highest BCUT2D eigenvalue weighted by Gasteiger charge is 2.20. The van der Waals surface area contributed by atoms with Crippen LogP contribution in [0.15, 0.2) is 24.3 Å². The van der Waals surface area contributed by atoms with E-state index in [1.165, 1.54) is 340 Å². The van der Waals surface area contributed by atoms with Crippen molar-refractivity contribution in [3.8, 4) is 0 Å². The summed E-state index contributed by atoms with van der Waals surface area (Å²) in [5, 5.41) is 23.3. The Kier molecular flexibility index (Phi) is 68.4. The van der Waals surface area contributed by atoms with Gasteiger partial charge >= 0.3 is 5.97 Å². The first kappa shape index (κ1) is 78.3. The van der Waals surface area contributed by atoms with Crippen LogP contribution in [0, 0.1) is 0 Å². The monoisotopic (exact) mass is 1130 g/mol. The van der Waals surface area contributed by atoms with E-state index in [0.29, 0.717) is 25.9 Å². The smallest absolute Gasteiger partial charge is 0.305 e. The number of nitrogens with one attached hydrogen (secondary N) is 1. The fraction of sp³-hybridized carbons (Fsp3) is 0.919. The topological polar surface area (TPSA) is 95.9 Å². The Morgan fingerprint density at radius 3 is 0.887 bits per heavy atom. The third kappa shape index (κ3) is 65.5. The minimum absolute atomic E-state index is 0.0175. The summed E-state index contributed by atoms with van der Waals surface area (Å²) >= 11 is 0. The molecule has 0 aliphatic rings. The summed E-state index contributed by atoms with van der Waals surface area (Å²) in [4.78, 5) is 24.6. The quantitative estimate of drug-likeness (QED) is 0.0320. The first-order valence-corrected chi connectivity index (χ1v) is 36.6. The van der Waals surface area contributed by atoms with Crippen molar-refractivity contribution in [2.24, 2.45) is 0 Å². The van der Waals surface area contributed by atoms with Gasteiger partial charge in [-0.1, -0.05) is 346 Å². The van der Waals surface area contributed by atoms with E-state index in [4.69, 9.17) is 4.74 Å². The number of allylic oxidation sites excluding steroid dienone is 4. The number of hydrogen-bond acceptors (Lipinski definition) is 5. The Bertz CT molecular complexity index is 1250. The highest BCUT2D eigenvalue weighted by Crippen LogP contribution is 2.19. The molecule has 0 saturated heterocycles. The van der Waals surface area contributed by atoms with Crippen LogP contribution in [0.2, 0.25) is 0 Å². The average molecular weight is 1130 g/mol. The van der Waals surface area contributed by atoms with Crippen LogP contribution in [0.5, 0.6) is 0 Å². The van der Waals surface area contributed by atoms with E-state index >= 15 is 0 Å². The lowest BCUT2D eigenvalue weighted by atomic mass is 10.0. The maximum atomic E-state index is 12.5. The fourth-order valence-electron chi connectivity index (χ4n) is 11.6. The number of rotatable bonds is 69. The Hall–Kier alpha value is -1.66. The van der Waals surface area contributed by atoms with Gasteiger partial charge in [0.15, 0.2) is 0 Å². The number of aliphatic hydroxyl groups excluding tert-OH is 2. The molecule has 0 fully saturated rings. The minimum Gasteiger partial charge on any atom is -0.466 e. The second kappa shape index (κ2) is 69.8. The zero-order valence-electron chi connectivity index (χ0n) is 54.3. The molecule has 0 saturated carbocycles. The molecule has 1 amide bonds. The van der Waals surface area contributed by atoms with Crippen molar-refractivity contribution in [1.29, 1.82) is 0 Å². The van der Waals surface area contributed by atoms with Gasteiger partial charge in [0.25, 0.3) is 0 Å². The lowest BCUT2D eigenvalue weighted by Crippen LogP contribution is -2.45. The van der Waals surface area contributed by atoms with Gasteiger partial charge in [0, 0.05) is 12.8 Å². The van der Waals surface area contributed by atoms with Gasteiger partial charge in [-0.3, -0.25) is 9.59 Å². The molecule has 0 aromatic rings. The third-order valence-corrected chi connectivity index (χ3v) is 17.2. The fourth-order valence-corrected chi connectivity index (χ4v) is 11.6. The molecule has 0 bridgehead atoms. The first-order chi connectivity index (χ1) is 39.5. The van der Waals surface area contributed by atoms with Gasteiger partial charge < -0.3 is 20.3 Å². The van der Waals surface area contributed by atoms with E-state index in [1.807, 2.05) is 0 Å². The highest BCUT2D eigenvalue weighted by atomic mass is 16.5. The second-order valence-corrected chi connectivity index (χ2v) is 25.3. The highest BCUT2D eigenvalue weighted by molar-refractivity contribution is 5.76. The summed E-state index contributed by atoms with van der Waals surface area (Å²) in [6.45, 7) is 4.98. The molecule has 0 heterocycles. The molecular weight excluding hydrogens is 983 g/mol. The molecule has 0 spiro atoms. The molecule has 6 heteroatoms. The number of carbonyl (C=O) groups excluding carboxylic acids is 2. The summed E-state index contributed by atoms with van der Waals surface area (Å²) in [7, 11) is 0. The summed E-state index contributed by atoms with van der Waals surface area (Å²) in [5.41, 5.74) is 0. The molecule has 0 aromatic carbocycles. The van der Waals surface area contributed by atoms with Gasteiger partial charge in [-0.05, 0) is 77.0 Å². The Morgan fingerprint density at radius 1 is 0.338 bits per heavy atom. The largest absolute Gasteiger partial charge is 0.466 e. The van der Waals surface area contributed by atoms with Crippen LogP contribution in [0.1, 0.15) is 412 Å². The van der Waals surface area contributed by atoms with E-state index in [0.717, 1.165) is 38.5 Å². The molecule has 0 rings (SSSR count). The standard InChI is InChI=1S/C74H143NO5/c1-3-5-7-9-11-13-15-17-19-20-33-37-40-44-48-52-56-60-64-68-74(79)80-69-65-61-57-53-49-45-41-38-35-32-30-28-26-24-22-21-23-25-27-29-31-34-36-39-43-47-51-55-59-63-67-73(78)75-71(70-76)72(77)66-62-58-54-50-46-42-18-16-14-12-10-8-6-4-2/h17,19,22,24,71-72,76-77H,3-16,18,20-21,23,25-70H2,1-2H3,(H,75,78)/b19-17-,24-22-. The molecule has 0 radical (unpaired) electrons. The van der Waals surface area contributed by atoms with Crippen LogP contribution in [-0.4, -0.2) is 47.4 Å². The normalized spacial score (nSPS) is 12.6. The maximum absolute atomic E-state index is 12.5. The Morgan fingerprint density at radius 2 is 0.588 bits per heavy atom. The van der Waals surface area contributed by atoms with E-state index in [-0.39, 0.29) is 18.5 Å². The van der Waals surface area contributed by atoms with Crippen LogP contribution in [0.4, 0.5) is 0 Å². The number of aliphatic hydroxyl groups is 2. The van der Waals surface area contributed by atoms with Gasteiger partial charge in [0.2, 0.25) is 5.91 Å². The second-order valence-electron chi connectivity index (χ2n) is 25.3. The third-order valence-electron chi connectivity index (χ3n) is 17.2. The van der Waals surface area contributed by atoms with E-state index < -0.39 is 12.1 Å². The van der Waals surface area contributed by atoms with Gasteiger partial charge in [-0.15, -0.1) is 0 Å². The molecule has 2 unspecified atom stereocenters. The molecule has 3 N–H and O–H groups in total. The maximum Gasteiger partial charge on any atom is 0.305 e. The molecular formula is C74H143NO5. The van der Waals surface area contributed by atoms with Gasteiger partial charge in [0.05, 0.1) is 25.4 Å². The predicted molar refractivity (Wildman–Crippen MR) is 352 cm³/mol. The lowest BCUT2D eigenvalue weighted by Gasteiger charge is -2.22. The number of carbonyl (C=O) groups is 2. The molecule has 2 atom stereocenters. The van der Waals surface area contributed by atoms with Crippen molar-refractivity contribution in [1.82, 2.24) is 5.32 Å². The van der Waals surface area contributed by atoms with Crippen molar-refractivity contribution in [3.05, 3.63) is 24.3 Å². The van der Waals surface area contributed by atoms with Crippen LogP contribution in [0.25, 0.3) is 0 Å². The molecule has 0 aromatic heterocycles. The van der Waals surface area contributed by atoms with Crippen molar-refractivity contribution >= 4 is 11.9 Å². The minimum atomic E-state index is -0.662. The zero-order chi connectivity index (χ0) is 57.8. The van der Waals surface area contributed by atoms with Crippen LogP contribution < -0.4 is 5.32 Å². The molecule has 0 aliphatic carbocycles. The van der Waals surface area contributed by atoms with Gasteiger partial charge in [-0.25, -0.2) is 0 Å². The lowest BCUT2D eigenvalue weighted by molar-refractivity contribution is -0.143. The van der Waals surface area contributed by atoms with E-state index in [1.54, 1.807) is 0 Å². The predicted octanol–water partition coefficient (Wildman–Crippen LogP) is 23.7. The Labute approximate surface area is 501 Å². The summed E-state index contributed by atoms with van der Waals surface area (Å²) in [6, 6.07) is -0.540. The molecule has 0 aliphatic heterocycles. The molecule has 474 valence electrons. The van der Waals surface area contributed by atoms with Gasteiger partial charge in [-0.2, -0.15) is 0 Å². The SMILES string of the molecule is CCCCCCCC/C=C\CCCCCCCCCCCC(=O)OCCCCCCCCCCCCCC/C=C\CCCCCCCCCCCCCCCCC(=O)NC(CO)C(O)CCCCCCCCCCCCCCCC. The number of hydrogen-bond donors (Lipinski definition) is 3. The number of esters is 1. The number of amides is 1. The molecule has 80 heavy (non-hydrogen) atoms.